The van der Waals surface area contributed by atoms with E-state index in [1.165, 1.54) is 18.3 Å². The fraction of sp³-hybridized carbons (Fsp3) is 0.357. The Morgan fingerprint density at radius 1 is 1.28 bits per heavy atom. The van der Waals surface area contributed by atoms with Crippen molar-refractivity contribution in [2.24, 2.45) is 5.41 Å². The van der Waals surface area contributed by atoms with E-state index >= 15 is 0 Å². The first-order valence-corrected chi connectivity index (χ1v) is 13.1. The number of hydrazine groups is 2. The molecule has 1 aliphatic carbocycles. The Morgan fingerprint density at radius 2 is 2.03 bits per heavy atom. The summed E-state index contributed by atoms with van der Waals surface area (Å²) in [6.07, 6.45) is 5.62. The van der Waals surface area contributed by atoms with Crippen molar-refractivity contribution in [3.8, 4) is 6.07 Å². The summed E-state index contributed by atoms with van der Waals surface area (Å²) in [7, 11) is 8.72. The molecule has 11 heteroatoms. The number of anilines is 2. The summed E-state index contributed by atoms with van der Waals surface area (Å²) in [6.45, 7) is 5.25. The minimum absolute atomic E-state index is 0.188. The molecule has 4 N–H and O–H groups in total. The molecule has 1 fully saturated rings. The number of hydrogen-bond donors (Lipinski definition) is 4. The van der Waals surface area contributed by atoms with Gasteiger partial charge in [-0.2, -0.15) is 5.26 Å². The fourth-order valence-electron chi connectivity index (χ4n) is 4.69. The molecule has 1 unspecified atom stereocenters. The molecule has 1 atom stereocenters. The van der Waals surface area contributed by atoms with E-state index in [1.54, 1.807) is 25.3 Å². The van der Waals surface area contributed by atoms with Crippen molar-refractivity contribution in [3.05, 3.63) is 76.5 Å². The Balaban J connectivity index is 1.57. The van der Waals surface area contributed by atoms with Crippen LogP contribution in [0, 0.1) is 22.6 Å². The molecule has 5 rings (SSSR count). The minimum Gasteiger partial charge on any atom is -0.384 e. The molecule has 0 bridgehead atoms. The average Bonchev–Trinajstić information content (AvgIpc) is 3.63. The molecular weight excluding hydrogens is 516 g/mol. The van der Waals surface area contributed by atoms with Gasteiger partial charge in [0.1, 0.15) is 19.7 Å². The van der Waals surface area contributed by atoms with Crippen molar-refractivity contribution in [2.75, 3.05) is 30.9 Å². The first kappa shape index (κ1) is 27.1. The molecule has 0 spiro atoms. The van der Waals surface area contributed by atoms with Crippen LogP contribution >= 0.6 is 11.6 Å². The van der Waals surface area contributed by atoms with E-state index in [0.717, 1.165) is 12.8 Å². The number of nitrogens with zero attached hydrogens (tertiary/aromatic N) is 3. The summed E-state index contributed by atoms with van der Waals surface area (Å²) < 4.78 is 19.2. The zero-order chi connectivity index (χ0) is 27.8. The second-order valence-electron chi connectivity index (χ2n) is 10.8. The van der Waals surface area contributed by atoms with Gasteiger partial charge < -0.3 is 20.8 Å². The molecular formula is C28H30BClFN7O. The lowest BCUT2D eigenvalue weighted by atomic mass is 9.69. The summed E-state index contributed by atoms with van der Waals surface area (Å²) in [5.41, 5.74) is 8.34. The van der Waals surface area contributed by atoms with Crippen molar-refractivity contribution in [1.29, 1.82) is 5.26 Å². The van der Waals surface area contributed by atoms with E-state index in [9.17, 15) is 9.65 Å². The van der Waals surface area contributed by atoms with E-state index in [0.29, 0.717) is 63.3 Å². The summed E-state index contributed by atoms with van der Waals surface area (Å²) in [4.78, 5) is 4.45. The van der Waals surface area contributed by atoms with Gasteiger partial charge in [-0.3, -0.25) is 9.99 Å². The molecule has 0 amide bonds. The number of methoxy groups -OCH3 is 1. The number of rotatable bonds is 10. The van der Waals surface area contributed by atoms with Crippen LogP contribution in [0.15, 0.2) is 54.5 Å². The minimum atomic E-state index is -1.27. The predicted molar refractivity (Wildman–Crippen MR) is 152 cm³/mol. The number of aromatic nitrogens is 1. The molecule has 3 aromatic rings. The largest absolute Gasteiger partial charge is 0.384 e. The maximum absolute atomic E-state index is 13.8. The van der Waals surface area contributed by atoms with E-state index in [2.05, 4.69) is 46.5 Å². The maximum Gasteiger partial charge on any atom is 0.123 e. The molecule has 200 valence electrons. The number of pyridine rings is 1. The second kappa shape index (κ2) is 10.6. The van der Waals surface area contributed by atoms with Crippen LogP contribution in [0.5, 0.6) is 0 Å². The summed E-state index contributed by atoms with van der Waals surface area (Å²) >= 11 is 6.72. The molecule has 1 aromatic heterocycles. The topological polar surface area (TPSA) is 97.3 Å². The SMILES string of the molecule is [B]C(Nc1cc(Cl)c2ncc(C#N)c(NCC(C)(C)COC)c2c1)(C1=CN(C2CC2)NN1)c1ccc(F)cc1. The quantitative estimate of drug-likeness (QED) is 0.271. The van der Waals surface area contributed by atoms with Crippen molar-refractivity contribution in [2.45, 2.75) is 38.2 Å². The highest BCUT2D eigenvalue weighted by Crippen LogP contribution is 2.38. The zero-order valence-electron chi connectivity index (χ0n) is 22.1. The van der Waals surface area contributed by atoms with Crippen LogP contribution in [-0.4, -0.2) is 44.1 Å². The van der Waals surface area contributed by atoms with E-state index in [-0.39, 0.29) is 11.2 Å². The van der Waals surface area contributed by atoms with Gasteiger partial charge in [-0.05, 0) is 42.7 Å². The van der Waals surface area contributed by atoms with Crippen molar-refractivity contribution in [3.63, 3.8) is 0 Å². The van der Waals surface area contributed by atoms with E-state index < -0.39 is 5.44 Å². The van der Waals surface area contributed by atoms with Gasteiger partial charge in [0.05, 0.1) is 39.5 Å². The van der Waals surface area contributed by atoms with Crippen molar-refractivity contribution in [1.82, 2.24) is 21.0 Å². The molecule has 1 saturated carbocycles. The third-order valence-corrected chi connectivity index (χ3v) is 7.21. The molecule has 2 radical (unpaired) electrons. The average molecular weight is 546 g/mol. The van der Waals surface area contributed by atoms with Crippen LogP contribution in [0.3, 0.4) is 0 Å². The van der Waals surface area contributed by atoms with Gasteiger partial charge >= 0.3 is 0 Å². The number of nitrogens with one attached hydrogen (secondary N) is 4. The Kier molecular flexibility index (Phi) is 7.34. The van der Waals surface area contributed by atoms with Gasteiger partial charge in [-0.25, -0.2) is 4.39 Å². The highest BCUT2D eigenvalue weighted by molar-refractivity contribution is 6.36. The van der Waals surface area contributed by atoms with Gasteiger partial charge in [-0.1, -0.05) is 37.6 Å². The summed E-state index contributed by atoms with van der Waals surface area (Å²) in [5.74, 6) is -0.358. The predicted octanol–water partition coefficient (Wildman–Crippen LogP) is 4.75. The molecule has 2 heterocycles. The van der Waals surface area contributed by atoms with Crippen LogP contribution in [0.2, 0.25) is 5.02 Å². The normalized spacial score (nSPS) is 16.8. The summed E-state index contributed by atoms with van der Waals surface area (Å²) in [6, 6.07) is 12.3. The van der Waals surface area contributed by atoms with Crippen LogP contribution in [-0.2, 0) is 10.2 Å². The summed E-state index contributed by atoms with van der Waals surface area (Å²) in [5, 5.41) is 19.7. The molecule has 2 aromatic carbocycles. The van der Waals surface area contributed by atoms with Gasteiger partial charge in [0.2, 0.25) is 0 Å². The smallest absolute Gasteiger partial charge is 0.123 e. The van der Waals surface area contributed by atoms with Gasteiger partial charge in [0.15, 0.2) is 0 Å². The Morgan fingerprint density at radius 3 is 2.69 bits per heavy atom. The molecule has 2 aliphatic rings. The third kappa shape index (κ3) is 5.62. The van der Waals surface area contributed by atoms with Crippen LogP contribution in [0.4, 0.5) is 15.8 Å². The van der Waals surface area contributed by atoms with Gasteiger partial charge in [0, 0.05) is 48.6 Å². The van der Waals surface area contributed by atoms with Crippen LogP contribution in [0.1, 0.15) is 37.8 Å². The number of hydrogen-bond acceptors (Lipinski definition) is 8. The number of nitriles is 1. The Bertz CT molecular complexity index is 1460. The maximum atomic E-state index is 13.8. The monoisotopic (exact) mass is 545 g/mol. The lowest BCUT2D eigenvalue weighted by Gasteiger charge is -2.34. The first-order chi connectivity index (χ1) is 18.6. The highest BCUT2D eigenvalue weighted by atomic mass is 35.5. The third-order valence-electron chi connectivity index (χ3n) is 6.92. The standard InChI is InChI=1S/C28H30BClFN7O/c1-27(2,16-39-3)15-34-25-17(12-32)13-33-26-22(25)10-20(11-23(26)30)35-28(29,18-4-6-19(31)7-5-18)24-14-38(37-36-24)21-8-9-21/h4-7,10-11,13-14,21,35-37H,8-9,15-16H2,1-3H3,(H,33,34). The molecule has 8 nitrogen and oxygen atoms in total. The number of benzene rings is 2. The Hall–Kier alpha value is -3.52. The molecule has 1 aliphatic heterocycles. The zero-order valence-corrected chi connectivity index (χ0v) is 22.9. The van der Waals surface area contributed by atoms with Gasteiger partial charge in [-0.15, -0.1) is 5.53 Å². The van der Waals surface area contributed by atoms with Gasteiger partial charge in [0.25, 0.3) is 0 Å². The van der Waals surface area contributed by atoms with Crippen molar-refractivity contribution >= 4 is 41.7 Å². The van der Waals surface area contributed by atoms with Crippen molar-refractivity contribution < 1.29 is 9.13 Å². The Labute approximate surface area is 233 Å². The van der Waals surface area contributed by atoms with E-state index in [4.69, 9.17) is 24.2 Å². The highest BCUT2D eigenvalue weighted by Gasteiger charge is 2.37. The molecule has 0 saturated heterocycles. The van der Waals surface area contributed by atoms with Crippen LogP contribution < -0.4 is 21.6 Å². The van der Waals surface area contributed by atoms with Crippen LogP contribution in [0.25, 0.3) is 10.9 Å². The second-order valence-corrected chi connectivity index (χ2v) is 11.2. The number of halogens is 2. The molecule has 39 heavy (non-hydrogen) atoms. The lowest BCUT2D eigenvalue weighted by Crippen LogP contribution is -2.45. The first-order valence-electron chi connectivity index (χ1n) is 12.7. The van der Waals surface area contributed by atoms with E-state index in [1.807, 2.05) is 17.3 Å². The number of ether oxygens (including phenoxy) is 1. The lowest BCUT2D eigenvalue weighted by molar-refractivity contribution is 0.112. The fourth-order valence-corrected chi connectivity index (χ4v) is 4.96. The number of fused-ring (bicyclic) bond motifs is 1.